The first kappa shape index (κ1) is 10.9. The molecule has 1 aromatic heterocycles. The van der Waals surface area contributed by atoms with Crippen LogP contribution < -0.4 is 5.32 Å². The second kappa shape index (κ2) is 4.58. The summed E-state index contributed by atoms with van der Waals surface area (Å²) in [5.41, 5.74) is 0.956. The van der Waals surface area contributed by atoms with Crippen LogP contribution >= 0.6 is 15.9 Å². The molecule has 0 spiro atoms. The average Bonchev–Trinajstić information content (AvgIpc) is 3.00. The Kier molecular flexibility index (Phi) is 2.94. The van der Waals surface area contributed by atoms with Gasteiger partial charge in [0.1, 0.15) is 0 Å². The van der Waals surface area contributed by atoms with Crippen LogP contribution in [0.4, 0.5) is 0 Å². The van der Waals surface area contributed by atoms with Crippen molar-refractivity contribution in [3.8, 4) is 11.5 Å². The Bertz CT molecular complexity index is 503. The van der Waals surface area contributed by atoms with Gasteiger partial charge >= 0.3 is 0 Å². The predicted octanol–water partition coefficient (Wildman–Crippen LogP) is 2.58. The van der Waals surface area contributed by atoms with Gasteiger partial charge in [-0.1, -0.05) is 21.1 Å². The summed E-state index contributed by atoms with van der Waals surface area (Å²) in [5.74, 6) is 1.80. The highest BCUT2D eigenvalue weighted by Crippen LogP contribution is 2.24. The van der Waals surface area contributed by atoms with Gasteiger partial charge in [0.25, 0.3) is 5.89 Å². The molecule has 3 rings (SSSR count). The quantitative estimate of drug-likeness (QED) is 0.925. The van der Waals surface area contributed by atoms with Crippen molar-refractivity contribution in [2.45, 2.75) is 12.3 Å². The summed E-state index contributed by atoms with van der Waals surface area (Å²) >= 11 is 3.40. The van der Waals surface area contributed by atoms with Gasteiger partial charge in [0.05, 0.1) is 0 Å². The molecule has 88 valence electrons. The van der Waals surface area contributed by atoms with Gasteiger partial charge in [-0.15, -0.1) is 0 Å². The van der Waals surface area contributed by atoms with Crippen molar-refractivity contribution in [3.63, 3.8) is 0 Å². The topological polar surface area (TPSA) is 51.0 Å². The highest BCUT2D eigenvalue weighted by Gasteiger charge is 2.22. The molecule has 1 N–H and O–H groups in total. The molecule has 2 aromatic rings. The summed E-state index contributed by atoms with van der Waals surface area (Å²) in [4.78, 5) is 4.46. The molecular formula is C12H12BrN3O. The van der Waals surface area contributed by atoms with E-state index in [1.807, 2.05) is 24.3 Å². The van der Waals surface area contributed by atoms with Crippen LogP contribution in [0, 0.1) is 0 Å². The number of rotatable bonds is 2. The molecule has 1 aliphatic rings. The number of halogens is 1. The number of nitrogens with zero attached hydrogens (tertiary/aromatic N) is 2. The molecule has 5 heteroatoms. The SMILES string of the molecule is Brc1ccc(-c2nc(C3CCNC3)no2)cc1. The summed E-state index contributed by atoms with van der Waals surface area (Å²) < 4.78 is 6.34. The fourth-order valence-corrected chi connectivity index (χ4v) is 2.25. The number of benzene rings is 1. The Morgan fingerprint density at radius 2 is 2.12 bits per heavy atom. The third kappa shape index (κ3) is 2.25. The van der Waals surface area contributed by atoms with Crippen molar-refractivity contribution in [3.05, 3.63) is 34.6 Å². The normalized spacial score (nSPS) is 19.7. The van der Waals surface area contributed by atoms with E-state index in [0.717, 1.165) is 35.4 Å². The van der Waals surface area contributed by atoms with E-state index in [2.05, 4.69) is 31.4 Å². The van der Waals surface area contributed by atoms with Crippen LogP contribution in [-0.2, 0) is 0 Å². The Balaban J connectivity index is 1.86. The van der Waals surface area contributed by atoms with Crippen LogP contribution in [0.25, 0.3) is 11.5 Å². The number of nitrogens with one attached hydrogen (secondary N) is 1. The fourth-order valence-electron chi connectivity index (χ4n) is 1.99. The molecule has 0 bridgehead atoms. The van der Waals surface area contributed by atoms with E-state index in [1.165, 1.54) is 0 Å². The van der Waals surface area contributed by atoms with E-state index in [1.54, 1.807) is 0 Å². The lowest BCUT2D eigenvalue weighted by atomic mass is 10.1. The van der Waals surface area contributed by atoms with Crippen molar-refractivity contribution in [2.75, 3.05) is 13.1 Å². The minimum absolute atomic E-state index is 0.392. The van der Waals surface area contributed by atoms with Crippen LogP contribution in [0.15, 0.2) is 33.3 Å². The van der Waals surface area contributed by atoms with Crippen molar-refractivity contribution < 1.29 is 4.52 Å². The first-order valence-corrected chi connectivity index (χ1v) is 6.42. The molecule has 1 atom stereocenters. The molecule has 2 heterocycles. The molecule has 1 aromatic carbocycles. The molecule has 0 aliphatic carbocycles. The maximum Gasteiger partial charge on any atom is 0.257 e. The zero-order valence-electron chi connectivity index (χ0n) is 9.19. The van der Waals surface area contributed by atoms with Crippen molar-refractivity contribution in [1.82, 2.24) is 15.5 Å². The summed E-state index contributed by atoms with van der Waals surface area (Å²) in [5, 5.41) is 7.36. The highest BCUT2D eigenvalue weighted by molar-refractivity contribution is 9.10. The van der Waals surface area contributed by atoms with Gasteiger partial charge in [-0.25, -0.2) is 0 Å². The minimum Gasteiger partial charge on any atom is -0.334 e. The average molecular weight is 294 g/mol. The zero-order valence-corrected chi connectivity index (χ0v) is 10.8. The largest absolute Gasteiger partial charge is 0.334 e. The molecule has 0 amide bonds. The van der Waals surface area contributed by atoms with Gasteiger partial charge in [0.15, 0.2) is 5.82 Å². The van der Waals surface area contributed by atoms with Gasteiger partial charge in [-0.05, 0) is 37.2 Å². The second-order valence-electron chi connectivity index (χ2n) is 4.15. The van der Waals surface area contributed by atoms with Crippen molar-refractivity contribution in [1.29, 1.82) is 0 Å². The molecule has 1 aliphatic heterocycles. The van der Waals surface area contributed by atoms with Crippen molar-refractivity contribution in [2.24, 2.45) is 0 Å². The summed E-state index contributed by atoms with van der Waals surface area (Å²) in [6.07, 6.45) is 1.08. The summed E-state index contributed by atoms with van der Waals surface area (Å²) in [6, 6.07) is 7.87. The van der Waals surface area contributed by atoms with E-state index in [-0.39, 0.29) is 0 Å². The van der Waals surface area contributed by atoms with E-state index in [4.69, 9.17) is 4.52 Å². The number of aromatic nitrogens is 2. The highest BCUT2D eigenvalue weighted by atomic mass is 79.9. The van der Waals surface area contributed by atoms with Crippen LogP contribution in [0.3, 0.4) is 0 Å². The van der Waals surface area contributed by atoms with E-state index in [9.17, 15) is 0 Å². The smallest absolute Gasteiger partial charge is 0.257 e. The van der Waals surface area contributed by atoms with E-state index < -0.39 is 0 Å². The molecule has 4 nitrogen and oxygen atoms in total. The molecule has 17 heavy (non-hydrogen) atoms. The summed E-state index contributed by atoms with van der Waals surface area (Å²) in [7, 11) is 0. The van der Waals surface area contributed by atoms with E-state index in [0.29, 0.717) is 11.8 Å². The monoisotopic (exact) mass is 293 g/mol. The Hall–Kier alpha value is -1.20. The van der Waals surface area contributed by atoms with Crippen LogP contribution in [0.2, 0.25) is 0 Å². The van der Waals surface area contributed by atoms with Gasteiger partial charge in [-0.2, -0.15) is 4.98 Å². The molecule has 0 radical (unpaired) electrons. The third-order valence-corrected chi connectivity index (χ3v) is 3.49. The van der Waals surface area contributed by atoms with Gasteiger partial charge in [0.2, 0.25) is 0 Å². The lowest BCUT2D eigenvalue weighted by molar-refractivity contribution is 0.417. The lowest BCUT2D eigenvalue weighted by Crippen LogP contribution is -2.08. The zero-order chi connectivity index (χ0) is 11.7. The predicted molar refractivity (Wildman–Crippen MR) is 67.7 cm³/mol. The van der Waals surface area contributed by atoms with Gasteiger partial charge in [0, 0.05) is 22.5 Å². The molecule has 1 unspecified atom stereocenters. The van der Waals surface area contributed by atoms with E-state index >= 15 is 0 Å². The Morgan fingerprint density at radius 3 is 2.82 bits per heavy atom. The first-order chi connectivity index (χ1) is 8.33. The molecule has 1 saturated heterocycles. The number of hydrogen-bond acceptors (Lipinski definition) is 4. The fraction of sp³-hybridized carbons (Fsp3) is 0.333. The van der Waals surface area contributed by atoms with Crippen LogP contribution in [0.5, 0.6) is 0 Å². The standard InChI is InChI=1S/C12H12BrN3O/c13-10-3-1-8(2-4-10)12-15-11(16-17-12)9-5-6-14-7-9/h1-4,9,14H,5-7H2. The van der Waals surface area contributed by atoms with Gasteiger partial charge in [-0.3, -0.25) is 0 Å². The maximum absolute atomic E-state index is 5.30. The Morgan fingerprint density at radius 1 is 1.29 bits per heavy atom. The van der Waals surface area contributed by atoms with Crippen LogP contribution in [0.1, 0.15) is 18.2 Å². The van der Waals surface area contributed by atoms with Crippen LogP contribution in [-0.4, -0.2) is 23.2 Å². The molecular weight excluding hydrogens is 282 g/mol. The van der Waals surface area contributed by atoms with Crippen molar-refractivity contribution >= 4 is 15.9 Å². The summed E-state index contributed by atoms with van der Waals surface area (Å²) in [6.45, 7) is 1.98. The molecule has 0 saturated carbocycles. The first-order valence-electron chi connectivity index (χ1n) is 5.63. The minimum atomic E-state index is 0.392. The third-order valence-electron chi connectivity index (χ3n) is 2.96. The number of hydrogen-bond donors (Lipinski definition) is 1. The lowest BCUT2D eigenvalue weighted by Gasteiger charge is -1.98. The Labute approximate surface area is 108 Å². The van der Waals surface area contributed by atoms with Gasteiger partial charge < -0.3 is 9.84 Å². The molecule has 1 fully saturated rings. The maximum atomic E-state index is 5.30. The second-order valence-corrected chi connectivity index (χ2v) is 5.07.